The van der Waals surface area contributed by atoms with Crippen LogP contribution in [0.4, 0.5) is 10.5 Å². The highest BCUT2D eigenvalue weighted by atomic mass is 16.5. The lowest BCUT2D eigenvalue weighted by Gasteiger charge is -2.38. The Balaban J connectivity index is 1.64. The van der Waals surface area contributed by atoms with Crippen molar-refractivity contribution in [3.8, 4) is 0 Å². The van der Waals surface area contributed by atoms with Crippen molar-refractivity contribution in [1.82, 2.24) is 10.9 Å². The van der Waals surface area contributed by atoms with Crippen LogP contribution >= 0.6 is 0 Å². The molecule has 7 nitrogen and oxygen atoms in total. The maximum atomic E-state index is 12.4. The molecule has 1 aromatic rings. The van der Waals surface area contributed by atoms with Crippen LogP contribution in [-0.4, -0.2) is 35.9 Å². The number of carboxylic acids is 1. The lowest BCUT2D eigenvalue weighted by molar-refractivity contribution is -0.154. The Kier molecular flexibility index (Phi) is 6.70. The number of anilines is 1. The summed E-state index contributed by atoms with van der Waals surface area (Å²) in [6.07, 6.45) is 7.95. The Labute approximate surface area is 165 Å². The minimum Gasteiger partial charge on any atom is -0.481 e. The van der Waals surface area contributed by atoms with E-state index in [1.807, 2.05) is 37.3 Å². The van der Waals surface area contributed by atoms with Gasteiger partial charge in [0.25, 0.3) is 0 Å². The largest absolute Gasteiger partial charge is 0.481 e. The third-order valence-corrected chi connectivity index (χ3v) is 5.87. The van der Waals surface area contributed by atoms with Gasteiger partial charge in [-0.3, -0.25) is 10.2 Å². The van der Waals surface area contributed by atoms with Crippen molar-refractivity contribution in [2.75, 3.05) is 11.9 Å². The molecule has 2 saturated heterocycles. The molecule has 2 fully saturated rings. The molecule has 0 radical (unpaired) electrons. The average molecular weight is 387 g/mol. The van der Waals surface area contributed by atoms with Crippen molar-refractivity contribution in [3.63, 3.8) is 0 Å². The van der Waals surface area contributed by atoms with Gasteiger partial charge >= 0.3 is 12.0 Å². The van der Waals surface area contributed by atoms with Gasteiger partial charge in [0.15, 0.2) is 0 Å². The number of hydrogen-bond acceptors (Lipinski definition) is 4. The molecule has 4 N–H and O–H groups in total. The zero-order valence-corrected chi connectivity index (χ0v) is 16.2. The van der Waals surface area contributed by atoms with Crippen LogP contribution in [-0.2, 0) is 9.53 Å². The second-order valence-electron chi connectivity index (χ2n) is 7.58. The van der Waals surface area contributed by atoms with E-state index in [1.54, 1.807) is 12.1 Å². The zero-order chi connectivity index (χ0) is 20.0. The van der Waals surface area contributed by atoms with Gasteiger partial charge in [-0.15, -0.1) is 0 Å². The SMILES string of the molecule is CC=CCCC(CNNC(=O)Nc1ccccc1)(C(=O)O)C1CC2CCC1O2. The summed E-state index contributed by atoms with van der Waals surface area (Å²) in [4.78, 5) is 24.5. The molecule has 4 atom stereocenters. The summed E-state index contributed by atoms with van der Waals surface area (Å²) in [5.74, 6) is -0.892. The number of para-hydroxylation sites is 1. The fourth-order valence-electron chi connectivity index (χ4n) is 4.44. The Bertz CT molecular complexity index is 709. The highest BCUT2D eigenvalue weighted by Crippen LogP contribution is 2.49. The van der Waals surface area contributed by atoms with Crippen LogP contribution in [0.1, 0.15) is 39.0 Å². The maximum absolute atomic E-state index is 12.4. The van der Waals surface area contributed by atoms with E-state index in [0.29, 0.717) is 18.5 Å². The third kappa shape index (κ3) is 4.54. The molecular weight excluding hydrogens is 358 g/mol. The van der Waals surface area contributed by atoms with Gasteiger partial charge in [0.05, 0.1) is 17.6 Å². The van der Waals surface area contributed by atoms with E-state index in [4.69, 9.17) is 4.74 Å². The smallest absolute Gasteiger partial charge is 0.333 e. The van der Waals surface area contributed by atoms with E-state index in [9.17, 15) is 14.7 Å². The summed E-state index contributed by atoms with van der Waals surface area (Å²) >= 11 is 0. The molecule has 2 bridgehead atoms. The molecule has 0 saturated carbocycles. The molecular formula is C21H29N3O4. The Hall–Kier alpha value is -2.38. The third-order valence-electron chi connectivity index (χ3n) is 5.87. The molecule has 0 aliphatic carbocycles. The predicted octanol–water partition coefficient (Wildman–Crippen LogP) is 3.31. The van der Waals surface area contributed by atoms with Crippen molar-refractivity contribution in [2.24, 2.45) is 11.3 Å². The molecule has 2 amide bonds. The van der Waals surface area contributed by atoms with Gasteiger partial charge < -0.3 is 15.2 Å². The lowest BCUT2D eigenvalue weighted by Crippen LogP contribution is -2.54. The number of hydrazine groups is 1. The number of rotatable bonds is 9. The van der Waals surface area contributed by atoms with Gasteiger partial charge in [-0.1, -0.05) is 30.4 Å². The first kappa shape index (κ1) is 20.4. The minimum absolute atomic E-state index is 0.00773. The summed E-state index contributed by atoms with van der Waals surface area (Å²) in [6.45, 7) is 2.08. The topological polar surface area (TPSA) is 99.7 Å². The van der Waals surface area contributed by atoms with Crippen molar-refractivity contribution >= 4 is 17.7 Å². The Morgan fingerprint density at radius 1 is 1.29 bits per heavy atom. The van der Waals surface area contributed by atoms with Gasteiger partial charge in [-0.05, 0) is 51.2 Å². The number of hydrogen-bond donors (Lipinski definition) is 4. The van der Waals surface area contributed by atoms with Crippen molar-refractivity contribution in [1.29, 1.82) is 0 Å². The fourth-order valence-corrected chi connectivity index (χ4v) is 4.44. The second-order valence-corrected chi connectivity index (χ2v) is 7.58. The van der Waals surface area contributed by atoms with Gasteiger partial charge in [0.1, 0.15) is 0 Å². The first-order valence-corrected chi connectivity index (χ1v) is 9.90. The molecule has 152 valence electrons. The molecule has 3 rings (SSSR count). The van der Waals surface area contributed by atoms with E-state index >= 15 is 0 Å². The van der Waals surface area contributed by atoms with Crippen molar-refractivity contribution in [2.45, 2.75) is 51.2 Å². The summed E-state index contributed by atoms with van der Waals surface area (Å²) in [6, 6.07) is 8.66. The molecule has 2 aliphatic heterocycles. The fraction of sp³-hybridized carbons (Fsp3) is 0.524. The van der Waals surface area contributed by atoms with Crippen molar-refractivity contribution in [3.05, 3.63) is 42.5 Å². The first-order chi connectivity index (χ1) is 13.5. The molecule has 0 aromatic heterocycles. The molecule has 2 aliphatic rings. The van der Waals surface area contributed by atoms with E-state index < -0.39 is 17.4 Å². The first-order valence-electron chi connectivity index (χ1n) is 9.90. The maximum Gasteiger partial charge on any atom is 0.333 e. The van der Waals surface area contributed by atoms with Gasteiger partial charge in [-0.2, -0.15) is 0 Å². The van der Waals surface area contributed by atoms with E-state index in [0.717, 1.165) is 19.3 Å². The summed E-state index contributed by atoms with van der Waals surface area (Å²) in [5, 5.41) is 12.9. The van der Waals surface area contributed by atoms with Crippen LogP contribution in [0.3, 0.4) is 0 Å². The number of carboxylic acid groups (broad SMARTS) is 1. The number of allylic oxidation sites excluding steroid dienone is 2. The number of aliphatic carboxylic acids is 1. The second kappa shape index (κ2) is 9.21. The molecule has 7 heteroatoms. The minimum atomic E-state index is -0.987. The number of urea groups is 1. The van der Waals surface area contributed by atoms with Crippen LogP contribution in [0.5, 0.6) is 0 Å². The van der Waals surface area contributed by atoms with Crippen LogP contribution in [0.2, 0.25) is 0 Å². The normalized spacial score (nSPS) is 25.5. The van der Waals surface area contributed by atoms with Gasteiger partial charge in [0.2, 0.25) is 0 Å². The summed E-state index contributed by atoms with van der Waals surface area (Å²) < 4.78 is 5.94. The van der Waals surface area contributed by atoms with Crippen LogP contribution < -0.4 is 16.2 Å². The molecule has 0 spiro atoms. The quantitative estimate of drug-likeness (QED) is 0.385. The Morgan fingerprint density at radius 2 is 2.07 bits per heavy atom. The van der Waals surface area contributed by atoms with Gasteiger partial charge in [-0.25, -0.2) is 10.2 Å². The van der Waals surface area contributed by atoms with Gasteiger partial charge in [0, 0.05) is 18.2 Å². The van der Waals surface area contributed by atoms with Crippen LogP contribution in [0, 0.1) is 11.3 Å². The number of amides is 2. The van der Waals surface area contributed by atoms with E-state index in [1.165, 1.54) is 0 Å². The lowest BCUT2D eigenvalue weighted by atomic mass is 9.66. The van der Waals surface area contributed by atoms with Crippen LogP contribution in [0.15, 0.2) is 42.5 Å². The summed E-state index contributed by atoms with van der Waals surface area (Å²) in [5.41, 5.74) is 5.13. The van der Waals surface area contributed by atoms with Crippen LogP contribution in [0.25, 0.3) is 0 Å². The number of benzene rings is 1. The number of fused-ring (bicyclic) bond motifs is 2. The predicted molar refractivity (Wildman–Crippen MR) is 107 cm³/mol. The molecule has 28 heavy (non-hydrogen) atoms. The van der Waals surface area contributed by atoms with Crippen molar-refractivity contribution < 1.29 is 19.4 Å². The van der Waals surface area contributed by atoms with E-state index in [2.05, 4.69) is 16.2 Å². The number of carbonyl (C=O) groups excluding carboxylic acids is 1. The Morgan fingerprint density at radius 3 is 2.68 bits per heavy atom. The number of nitrogens with one attached hydrogen (secondary N) is 3. The summed E-state index contributed by atoms with van der Waals surface area (Å²) in [7, 11) is 0. The monoisotopic (exact) mass is 387 g/mol. The number of carbonyl (C=O) groups is 2. The highest BCUT2D eigenvalue weighted by molar-refractivity contribution is 5.88. The molecule has 4 unspecified atom stereocenters. The molecule has 2 heterocycles. The average Bonchev–Trinajstić information content (AvgIpc) is 3.31. The van der Waals surface area contributed by atoms with E-state index in [-0.39, 0.29) is 24.7 Å². The molecule has 1 aromatic carbocycles. The zero-order valence-electron chi connectivity index (χ0n) is 16.2. The number of ether oxygens (including phenoxy) is 1. The highest BCUT2D eigenvalue weighted by Gasteiger charge is 2.55. The standard InChI is InChI=1S/C21H29N3O4/c1-2-3-7-12-21(19(25)26,17-13-16-10-11-18(17)28-16)14-22-24-20(27)23-15-8-5-4-6-9-15/h2-6,8-9,16-18,22H,7,10-14H2,1H3,(H,25,26)(H2,23,24,27).